The van der Waals surface area contributed by atoms with Gasteiger partial charge in [0, 0.05) is 26.6 Å². The maximum atomic E-state index is 4.10. The zero-order valence-electron chi connectivity index (χ0n) is 10.3. The molecule has 0 aliphatic heterocycles. The fourth-order valence-electron chi connectivity index (χ4n) is 1.72. The van der Waals surface area contributed by atoms with E-state index in [0.717, 1.165) is 18.9 Å². The Morgan fingerprint density at radius 1 is 1.31 bits per heavy atom. The number of guanidine groups is 1. The van der Waals surface area contributed by atoms with Crippen molar-refractivity contribution in [2.45, 2.75) is 19.3 Å². The van der Waals surface area contributed by atoms with Gasteiger partial charge in [0.15, 0.2) is 5.96 Å². The van der Waals surface area contributed by atoms with Gasteiger partial charge in [-0.05, 0) is 12.0 Å². The lowest BCUT2D eigenvalue weighted by Crippen LogP contribution is -2.37. The molecule has 0 aromatic heterocycles. The summed E-state index contributed by atoms with van der Waals surface area (Å²) in [7, 11) is 3.65. The van der Waals surface area contributed by atoms with E-state index in [-0.39, 0.29) is 0 Å². The maximum Gasteiger partial charge on any atom is 0.190 e. The molecule has 0 spiro atoms. The Hall–Kier alpha value is -1.51. The van der Waals surface area contributed by atoms with Gasteiger partial charge in [0.25, 0.3) is 0 Å². The standard InChI is InChI=1S/C13H21N3/c1-4-11(10-16-13(14-2)15-3)12-8-6-5-7-9-12/h5-9,11H,4,10H2,1-3H3,(H2,14,15,16)/t11-/m1/s1. The molecule has 16 heavy (non-hydrogen) atoms. The highest BCUT2D eigenvalue weighted by Gasteiger charge is 2.08. The molecule has 1 aromatic carbocycles. The third kappa shape index (κ3) is 3.57. The maximum absolute atomic E-state index is 4.10. The predicted molar refractivity (Wildman–Crippen MR) is 69.9 cm³/mol. The molecule has 0 aliphatic carbocycles. The second-order valence-electron chi connectivity index (χ2n) is 3.72. The molecule has 0 bridgehead atoms. The highest BCUT2D eigenvalue weighted by molar-refractivity contribution is 5.79. The van der Waals surface area contributed by atoms with Crippen molar-refractivity contribution in [1.29, 1.82) is 0 Å². The van der Waals surface area contributed by atoms with E-state index in [2.05, 4.69) is 52.9 Å². The van der Waals surface area contributed by atoms with Crippen molar-refractivity contribution in [1.82, 2.24) is 10.6 Å². The minimum absolute atomic E-state index is 0.534. The van der Waals surface area contributed by atoms with Crippen LogP contribution in [0.2, 0.25) is 0 Å². The van der Waals surface area contributed by atoms with Gasteiger partial charge in [-0.2, -0.15) is 0 Å². The molecule has 88 valence electrons. The summed E-state index contributed by atoms with van der Waals surface area (Å²) in [4.78, 5) is 4.10. The molecule has 3 heteroatoms. The Labute approximate surface area is 98.0 Å². The van der Waals surface area contributed by atoms with Gasteiger partial charge in [-0.3, -0.25) is 4.99 Å². The van der Waals surface area contributed by atoms with Crippen LogP contribution in [-0.4, -0.2) is 26.6 Å². The first-order chi connectivity index (χ1) is 7.81. The molecule has 2 N–H and O–H groups in total. The van der Waals surface area contributed by atoms with Crippen molar-refractivity contribution in [2.75, 3.05) is 20.6 Å². The van der Waals surface area contributed by atoms with E-state index in [9.17, 15) is 0 Å². The van der Waals surface area contributed by atoms with Crippen LogP contribution in [0.1, 0.15) is 24.8 Å². The molecule has 0 unspecified atom stereocenters. The number of hydrogen-bond donors (Lipinski definition) is 2. The molecule has 1 atom stereocenters. The number of nitrogens with one attached hydrogen (secondary N) is 2. The van der Waals surface area contributed by atoms with Crippen LogP contribution >= 0.6 is 0 Å². The minimum Gasteiger partial charge on any atom is -0.359 e. The third-order valence-corrected chi connectivity index (χ3v) is 2.74. The van der Waals surface area contributed by atoms with Crippen LogP contribution in [0.15, 0.2) is 35.3 Å². The molecule has 0 amide bonds. The van der Waals surface area contributed by atoms with E-state index in [4.69, 9.17) is 0 Å². The number of benzene rings is 1. The summed E-state index contributed by atoms with van der Waals surface area (Å²) in [6.45, 7) is 3.12. The van der Waals surface area contributed by atoms with Crippen molar-refractivity contribution in [3.05, 3.63) is 35.9 Å². The molecule has 0 saturated heterocycles. The number of hydrogen-bond acceptors (Lipinski definition) is 1. The van der Waals surface area contributed by atoms with Gasteiger partial charge in [0.1, 0.15) is 0 Å². The van der Waals surface area contributed by atoms with Gasteiger partial charge >= 0.3 is 0 Å². The normalized spacial score (nSPS) is 13.3. The highest BCUT2D eigenvalue weighted by Crippen LogP contribution is 2.17. The zero-order chi connectivity index (χ0) is 11.8. The lowest BCUT2D eigenvalue weighted by atomic mass is 9.97. The molecule has 1 aromatic rings. The van der Waals surface area contributed by atoms with Crippen LogP contribution in [-0.2, 0) is 0 Å². The van der Waals surface area contributed by atoms with Crippen molar-refractivity contribution in [3.8, 4) is 0 Å². The van der Waals surface area contributed by atoms with Crippen LogP contribution in [0.4, 0.5) is 0 Å². The van der Waals surface area contributed by atoms with Gasteiger partial charge < -0.3 is 10.6 Å². The van der Waals surface area contributed by atoms with E-state index in [1.54, 1.807) is 7.05 Å². The van der Waals surface area contributed by atoms with Crippen molar-refractivity contribution in [2.24, 2.45) is 4.99 Å². The van der Waals surface area contributed by atoms with Crippen LogP contribution < -0.4 is 10.6 Å². The average Bonchev–Trinajstić information content (AvgIpc) is 2.36. The summed E-state index contributed by atoms with van der Waals surface area (Å²) in [5, 5.41) is 6.33. The Morgan fingerprint density at radius 3 is 2.50 bits per heavy atom. The van der Waals surface area contributed by atoms with Crippen molar-refractivity contribution < 1.29 is 0 Å². The van der Waals surface area contributed by atoms with E-state index < -0.39 is 0 Å². The van der Waals surface area contributed by atoms with Crippen LogP contribution in [0.3, 0.4) is 0 Å². The van der Waals surface area contributed by atoms with Crippen LogP contribution in [0.5, 0.6) is 0 Å². The van der Waals surface area contributed by atoms with E-state index in [1.165, 1.54) is 5.56 Å². The summed E-state index contributed by atoms with van der Waals surface area (Å²) in [5.41, 5.74) is 1.38. The zero-order valence-corrected chi connectivity index (χ0v) is 10.3. The minimum atomic E-state index is 0.534. The predicted octanol–water partition coefficient (Wildman–Crippen LogP) is 1.97. The first kappa shape index (κ1) is 12.6. The Morgan fingerprint density at radius 2 is 2.00 bits per heavy atom. The van der Waals surface area contributed by atoms with Gasteiger partial charge in [-0.15, -0.1) is 0 Å². The number of rotatable bonds is 4. The summed E-state index contributed by atoms with van der Waals surface area (Å²) >= 11 is 0. The quantitative estimate of drug-likeness (QED) is 0.600. The van der Waals surface area contributed by atoms with E-state index >= 15 is 0 Å². The monoisotopic (exact) mass is 219 g/mol. The SMILES string of the molecule is CC[C@H](CNC(=NC)NC)c1ccccc1. The smallest absolute Gasteiger partial charge is 0.190 e. The third-order valence-electron chi connectivity index (χ3n) is 2.74. The molecule has 0 aliphatic rings. The van der Waals surface area contributed by atoms with E-state index in [1.807, 2.05) is 7.05 Å². The Balaban J connectivity index is 2.57. The van der Waals surface area contributed by atoms with E-state index in [0.29, 0.717) is 5.92 Å². The summed E-state index contributed by atoms with van der Waals surface area (Å²) in [5.74, 6) is 1.38. The molecule has 3 nitrogen and oxygen atoms in total. The lowest BCUT2D eigenvalue weighted by molar-refractivity contribution is 0.633. The molecule has 0 fully saturated rings. The topological polar surface area (TPSA) is 36.4 Å². The van der Waals surface area contributed by atoms with Gasteiger partial charge in [0.05, 0.1) is 0 Å². The first-order valence-electron chi connectivity index (χ1n) is 5.75. The van der Waals surface area contributed by atoms with Crippen molar-refractivity contribution in [3.63, 3.8) is 0 Å². The molecular formula is C13H21N3. The summed E-state index contributed by atoms with van der Waals surface area (Å²) < 4.78 is 0. The number of nitrogens with zero attached hydrogens (tertiary/aromatic N) is 1. The Kier molecular flexibility index (Phi) is 5.40. The van der Waals surface area contributed by atoms with Crippen LogP contribution in [0, 0.1) is 0 Å². The number of aliphatic imine (C=N–C) groups is 1. The highest BCUT2D eigenvalue weighted by atomic mass is 15.1. The molecule has 1 rings (SSSR count). The largest absolute Gasteiger partial charge is 0.359 e. The average molecular weight is 219 g/mol. The molecule has 0 radical (unpaired) electrons. The van der Waals surface area contributed by atoms with Gasteiger partial charge in [-0.25, -0.2) is 0 Å². The van der Waals surface area contributed by atoms with Gasteiger partial charge in [0.2, 0.25) is 0 Å². The molecule has 0 heterocycles. The van der Waals surface area contributed by atoms with Gasteiger partial charge in [-0.1, -0.05) is 37.3 Å². The van der Waals surface area contributed by atoms with Crippen molar-refractivity contribution >= 4 is 5.96 Å². The second-order valence-corrected chi connectivity index (χ2v) is 3.72. The molecule has 0 saturated carbocycles. The Bertz CT molecular complexity index is 319. The second kappa shape index (κ2) is 6.88. The fraction of sp³-hybridized carbons (Fsp3) is 0.462. The molecular weight excluding hydrogens is 198 g/mol. The summed E-state index contributed by atoms with van der Waals surface area (Å²) in [6.07, 6.45) is 1.12. The summed E-state index contributed by atoms with van der Waals surface area (Å²) in [6, 6.07) is 10.6. The first-order valence-corrected chi connectivity index (χ1v) is 5.75. The van der Waals surface area contributed by atoms with Crippen LogP contribution in [0.25, 0.3) is 0 Å². The lowest BCUT2D eigenvalue weighted by Gasteiger charge is -2.17. The fourth-order valence-corrected chi connectivity index (χ4v) is 1.72.